The second-order valence-electron chi connectivity index (χ2n) is 8.37. The molecule has 6 rings (SSSR count). The molecule has 0 bridgehead atoms. The maximum Gasteiger partial charge on any atom is 0.312 e. The number of carbonyl (C=O) groups is 1. The second-order valence-corrected chi connectivity index (χ2v) is 9.33. The molecule has 0 saturated carbocycles. The van der Waals surface area contributed by atoms with Gasteiger partial charge in [0.05, 0.1) is 40.8 Å². The number of aryl methyl sites for hydroxylation is 1. The van der Waals surface area contributed by atoms with Crippen LogP contribution in [0.2, 0.25) is 0 Å². The van der Waals surface area contributed by atoms with Crippen molar-refractivity contribution in [2.45, 2.75) is 32.1 Å². The molecule has 172 valence electrons. The van der Waals surface area contributed by atoms with Gasteiger partial charge in [-0.25, -0.2) is 9.50 Å². The fraction of sp³-hybridized carbons (Fsp3) is 0.273. The number of hydrogen-bond acceptors (Lipinski definition) is 7. The van der Waals surface area contributed by atoms with Crippen LogP contribution in [0.4, 0.5) is 0 Å². The summed E-state index contributed by atoms with van der Waals surface area (Å²) in [6, 6.07) is 5.51. The lowest BCUT2D eigenvalue weighted by Gasteiger charge is -2.32. The van der Waals surface area contributed by atoms with E-state index in [4.69, 9.17) is 9.52 Å². The molecule has 5 aromatic heterocycles. The van der Waals surface area contributed by atoms with Gasteiger partial charge in [-0.15, -0.1) is 19.4 Å². The van der Waals surface area contributed by atoms with Crippen LogP contribution in [0.1, 0.15) is 52.1 Å². The molecule has 0 radical (unpaired) electrons. The van der Waals surface area contributed by atoms with Crippen molar-refractivity contribution in [3.63, 3.8) is 0 Å². The Balaban J connectivity index is 1.37. The molecule has 1 aliphatic rings. The third kappa shape index (κ3) is 3.31. The Morgan fingerprint density at radius 2 is 2.24 bits per heavy atom. The summed E-state index contributed by atoms with van der Waals surface area (Å²) in [7, 11) is 2.67. The predicted molar refractivity (Wildman–Crippen MR) is 125 cm³/mol. The van der Waals surface area contributed by atoms with E-state index in [9.17, 15) is 4.79 Å². The predicted octanol–water partition coefficient (Wildman–Crippen LogP) is 2.79. The number of aromatic nitrogens is 8. The van der Waals surface area contributed by atoms with Crippen LogP contribution in [0, 0.1) is 6.92 Å². The number of H-pyrrole nitrogens is 1. The van der Waals surface area contributed by atoms with Gasteiger partial charge in [0.25, 0.3) is 5.89 Å². The molecular weight excluding hydrogens is 453 g/mol. The average Bonchev–Trinajstić information content (AvgIpc) is 3.62. The SMILES string of the molecule is Cc1cccn2nc([C@@H]3c4nc[nH]c4CCN3C(=O)c3nnc(-c4cnn(C(C)P)c4)o3)cc12. The zero-order valence-corrected chi connectivity index (χ0v) is 19.7. The summed E-state index contributed by atoms with van der Waals surface area (Å²) in [6.45, 7) is 4.49. The van der Waals surface area contributed by atoms with Gasteiger partial charge in [0, 0.05) is 31.1 Å². The number of fused-ring (bicyclic) bond motifs is 2. The molecule has 3 atom stereocenters. The molecule has 6 heterocycles. The van der Waals surface area contributed by atoms with E-state index >= 15 is 0 Å². The Morgan fingerprint density at radius 3 is 3.03 bits per heavy atom. The minimum Gasteiger partial charge on any atom is -0.412 e. The summed E-state index contributed by atoms with van der Waals surface area (Å²) in [4.78, 5) is 23.0. The number of rotatable bonds is 4. The van der Waals surface area contributed by atoms with Crippen LogP contribution in [-0.4, -0.2) is 56.9 Å². The summed E-state index contributed by atoms with van der Waals surface area (Å²) in [5.41, 5.74) is 5.23. The van der Waals surface area contributed by atoms with E-state index < -0.39 is 6.04 Å². The van der Waals surface area contributed by atoms with Gasteiger partial charge in [-0.2, -0.15) is 10.2 Å². The molecule has 11 nitrogen and oxygen atoms in total. The van der Waals surface area contributed by atoms with Crippen LogP contribution >= 0.6 is 9.24 Å². The van der Waals surface area contributed by atoms with Gasteiger partial charge in [0.1, 0.15) is 6.04 Å². The van der Waals surface area contributed by atoms with Gasteiger partial charge < -0.3 is 14.3 Å². The number of pyridine rings is 1. The van der Waals surface area contributed by atoms with Gasteiger partial charge >= 0.3 is 11.8 Å². The molecule has 1 aliphatic heterocycles. The standard InChI is InChI=1S/C22H22N9O2P/c1-12-4-3-6-30-17(12)8-16(28-30)19-18-15(23-11-24-18)5-7-29(19)22(32)21-27-26-20(33-21)14-9-25-31(10-14)13(2)34/h3-4,6,8-11,13,19H,5,7,34H2,1-2H3,(H,23,24)/t13?,19-/m1/s1. The Kier molecular flexibility index (Phi) is 4.80. The number of nitrogens with one attached hydrogen (secondary N) is 1. The minimum atomic E-state index is -0.474. The van der Waals surface area contributed by atoms with Crippen molar-refractivity contribution in [2.24, 2.45) is 0 Å². The lowest BCUT2D eigenvalue weighted by Crippen LogP contribution is -2.41. The largest absolute Gasteiger partial charge is 0.412 e. The van der Waals surface area contributed by atoms with Crippen LogP contribution in [-0.2, 0) is 6.42 Å². The Labute approximate surface area is 196 Å². The van der Waals surface area contributed by atoms with E-state index in [-0.39, 0.29) is 23.5 Å². The van der Waals surface area contributed by atoms with E-state index in [2.05, 4.69) is 34.5 Å². The van der Waals surface area contributed by atoms with Gasteiger partial charge in [-0.05, 0) is 31.5 Å². The molecule has 12 heteroatoms. The molecule has 1 N–H and O–H groups in total. The van der Waals surface area contributed by atoms with Crippen molar-refractivity contribution in [2.75, 3.05) is 6.54 Å². The topological polar surface area (TPSA) is 123 Å². The Bertz CT molecular complexity index is 1510. The molecule has 1 amide bonds. The molecule has 5 aromatic rings. The molecule has 0 spiro atoms. The highest BCUT2D eigenvalue weighted by Crippen LogP contribution is 2.34. The molecule has 0 saturated heterocycles. The Morgan fingerprint density at radius 1 is 1.35 bits per heavy atom. The van der Waals surface area contributed by atoms with E-state index in [0.29, 0.717) is 18.5 Å². The maximum atomic E-state index is 13.6. The van der Waals surface area contributed by atoms with E-state index in [1.807, 2.05) is 42.8 Å². The van der Waals surface area contributed by atoms with Crippen LogP contribution in [0.5, 0.6) is 0 Å². The van der Waals surface area contributed by atoms with Crippen molar-refractivity contribution in [1.29, 1.82) is 0 Å². The maximum absolute atomic E-state index is 13.6. The number of carbonyl (C=O) groups excluding carboxylic acids is 1. The fourth-order valence-electron chi connectivity index (χ4n) is 4.32. The molecule has 0 fully saturated rings. The molecule has 2 unspecified atom stereocenters. The van der Waals surface area contributed by atoms with Gasteiger partial charge in [-0.3, -0.25) is 9.48 Å². The third-order valence-electron chi connectivity index (χ3n) is 6.07. The summed E-state index contributed by atoms with van der Waals surface area (Å²) >= 11 is 0. The molecular formula is C22H22N9O2P. The van der Waals surface area contributed by atoms with Gasteiger partial charge in [0.2, 0.25) is 0 Å². The number of nitrogens with zero attached hydrogens (tertiary/aromatic N) is 8. The quantitative estimate of drug-likeness (QED) is 0.397. The highest BCUT2D eigenvalue weighted by Gasteiger charge is 2.38. The molecule has 34 heavy (non-hydrogen) atoms. The fourth-order valence-corrected chi connectivity index (χ4v) is 4.49. The van der Waals surface area contributed by atoms with Crippen molar-refractivity contribution in [3.8, 4) is 11.5 Å². The normalized spacial score (nSPS) is 16.7. The third-order valence-corrected chi connectivity index (χ3v) is 6.38. The second kappa shape index (κ2) is 7.88. The zero-order chi connectivity index (χ0) is 23.4. The zero-order valence-electron chi connectivity index (χ0n) is 18.6. The summed E-state index contributed by atoms with van der Waals surface area (Å²) in [6.07, 6.45) is 7.64. The van der Waals surface area contributed by atoms with Crippen molar-refractivity contribution >= 4 is 20.7 Å². The highest BCUT2D eigenvalue weighted by atomic mass is 31.0. The summed E-state index contributed by atoms with van der Waals surface area (Å²) in [5, 5.41) is 17.2. The van der Waals surface area contributed by atoms with Crippen LogP contribution in [0.25, 0.3) is 17.0 Å². The van der Waals surface area contributed by atoms with Crippen molar-refractivity contribution in [3.05, 3.63) is 71.7 Å². The summed E-state index contributed by atoms with van der Waals surface area (Å²) in [5.74, 6) is -0.0785. The lowest BCUT2D eigenvalue weighted by atomic mass is 9.99. The van der Waals surface area contributed by atoms with Crippen molar-refractivity contribution in [1.82, 2.24) is 44.5 Å². The monoisotopic (exact) mass is 475 g/mol. The smallest absolute Gasteiger partial charge is 0.312 e. The summed E-state index contributed by atoms with van der Waals surface area (Å²) < 4.78 is 9.37. The van der Waals surface area contributed by atoms with Gasteiger partial charge in [0.15, 0.2) is 0 Å². The highest BCUT2D eigenvalue weighted by molar-refractivity contribution is 7.16. The first-order chi connectivity index (χ1) is 16.5. The number of hydrogen-bond donors (Lipinski definition) is 1. The first-order valence-electron chi connectivity index (χ1n) is 10.9. The molecule has 0 aromatic carbocycles. The van der Waals surface area contributed by atoms with E-state index in [1.54, 1.807) is 28.3 Å². The number of amides is 1. The first kappa shape index (κ1) is 20.7. The van der Waals surface area contributed by atoms with E-state index in [1.165, 1.54) is 0 Å². The first-order valence-corrected chi connectivity index (χ1v) is 11.6. The van der Waals surface area contributed by atoms with Crippen LogP contribution in [0.3, 0.4) is 0 Å². The minimum absolute atomic E-state index is 0.0781. The van der Waals surface area contributed by atoms with Gasteiger partial charge in [-0.1, -0.05) is 6.07 Å². The van der Waals surface area contributed by atoms with Crippen molar-refractivity contribution < 1.29 is 9.21 Å². The van der Waals surface area contributed by atoms with Crippen LogP contribution in [0.15, 0.2) is 47.5 Å². The number of imidazole rings is 1. The average molecular weight is 475 g/mol. The lowest BCUT2D eigenvalue weighted by molar-refractivity contribution is 0.0646. The Hall–Kier alpha value is -3.85. The number of aromatic amines is 1. The van der Waals surface area contributed by atoms with E-state index in [0.717, 1.165) is 28.2 Å². The molecule has 0 aliphatic carbocycles. The van der Waals surface area contributed by atoms with Crippen LogP contribution < -0.4 is 0 Å².